The number of hydrogen-bond donors (Lipinski definition) is 2. The maximum absolute atomic E-state index is 11.3. The highest BCUT2D eigenvalue weighted by molar-refractivity contribution is 7.89. The second kappa shape index (κ2) is 5.97. The molecule has 0 atom stereocenters. The normalized spacial score (nSPS) is 11.4. The van der Waals surface area contributed by atoms with Gasteiger partial charge in [-0.3, -0.25) is 0 Å². The van der Waals surface area contributed by atoms with Crippen LogP contribution in [0.3, 0.4) is 0 Å². The number of anilines is 1. The number of rotatable bonds is 6. The van der Waals surface area contributed by atoms with E-state index >= 15 is 0 Å². The van der Waals surface area contributed by atoms with Crippen molar-refractivity contribution in [2.24, 2.45) is 0 Å². The average Bonchev–Trinajstić information content (AvgIpc) is 2.20. The van der Waals surface area contributed by atoms with E-state index in [1.165, 1.54) is 12.4 Å². The smallest absolute Gasteiger partial charge is 0.213 e. The minimum atomic E-state index is -3.22. The summed E-state index contributed by atoms with van der Waals surface area (Å²) in [7, 11) is -3.22. The monoisotopic (exact) mass is 264 g/mol. The quantitative estimate of drug-likeness (QED) is 0.781. The first-order valence-corrected chi connectivity index (χ1v) is 6.76. The molecule has 16 heavy (non-hydrogen) atoms. The van der Waals surface area contributed by atoms with E-state index < -0.39 is 10.0 Å². The zero-order valence-corrected chi connectivity index (χ0v) is 10.3. The third-order valence-electron chi connectivity index (χ3n) is 1.68. The topological polar surface area (TPSA) is 84.0 Å². The van der Waals surface area contributed by atoms with Gasteiger partial charge < -0.3 is 5.32 Å². The van der Waals surface area contributed by atoms with Crippen molar-refractivity contribution in [3.05, 3.63) is 17.5 Å². The predicted molar refractivity (Wildman–Crippen MR) is 63.0 cm³/mol. The molecule has 0 aromatic carbocycles. The SMILES string of the molecule is CCNS(=O)(=O)CCNc1nccnc1Cl. The van der Waals surface area contributed by atoms with E-state index in [4.69, 9.17) is 11.6 Å². The summed E-state index contributed by atoms with van der Waals surface area (Å²) in [6.45, 7) is 2.34. The molecule has 90 valence electrons. The summed E-state index contributed by atoms with van der Waals surface area (Å²) in [5.74, 6) is 0.351. The zero-order chi connectivity index (χ0) is 12.0. The number of hydrogen-bond acceptors (Lipinski definition) is 5. The van der Waals surface area contributed by atoms with Gasteiger partial charge in [0.05, 0.1) is 5.75 Å². The molecule has 0 aliphatic heterocycles. The van der Waals surface area contributed by atoms with Crippen molar-refractivity contribution >= 4 is 27.4 Å². The zero-order valence-electron chi connectivity index (χ0n) is 8.77. The molecule has 0 saturated carbocycles. The molecule has 0 radical (unpaired) electrons. The Morgan fingerprint density at radius 1 is 1.38 bits per heavy atom. The van der Waals surface area contributed by atoms with E-state index in [2.05, 4.69) is 20.0 Å². The molecule has 0 aliphatic rings. The number of aromatic nitrogens is 2. The van der Waals surface area contributed by atoms with Crippen LogP contribution in [0.15, 0.2) is 12.4 Å². The van der Waals surface area contributed by atoms with Crippen LogP contribution in [0.4, 0.5) is 5.82 Å². The molecule has 2 N–H and O–H groups in total. The van der Waals surface area contributed by atoms with E-state index in [0.717, 1.165) is 0 Å². The molecule has 0 fully saturated rings. The lowest BCUT2D eigenvalue weighted by Crippen LogP contribution is -2.29. The van der Waals surface area contributed by atoms with Gasteiger partial charge in [-0.1, -0.05) is 18.5 Å². The Bertz CT molecular complexity index is 437. The summed E-state index contributed by atoms with van der Waals surface area (Å²) in [6.07, 6.45) is 2.94. The molecule has 1 aromatic rings. The Morgan fingerprint density at radius 3 is 2.69 bits per heavy atom. The van der Waals surface area contributed by atoms with Gasteiger partial charge in [0.1, 0.15) is 0 Å². The van der Waals surface area contributed by atoms with Gasteiger partial charge in [-0.05, 0) is 0 Å². The van der Waals surface area contributed by atoms with Gasteiger partial charge in [0.15, 0.2) is 11.0 Å². The van der Waals surface area contributed by atoms with E-state index in [-0.39, 0.29) is 17.5 Å². The number of sulfonamides is 1. The van der Waals surface area contributed by atoms with Crippen LogP contribution in [0, 0.1) is 0 Å². The Balaban J connectivity index is 2.45. The first-order valence-electron chi connectivity index (χ1n) is 4.73. The minimum absolute atomic E-state index is 0.0340. The summed E-state index contributed by atoms with van der Waals surface area (Å²) in [5, 5.41) is 3.03. The highest BCUT2D eigenvalue weighted by atomic mass is 35.5. The van der Waals surface area contributed by atoms with E-state index in [9.17, 15) is 8.42 Å². The fourth-order valence-electron chi connectivity index (χ4n) is 1.04. The Kier molecular flexibility index (Phi) is 4.91. The second-order valence-electron chi connectivity index (χ2n) is 2.94. The van der Waals surface area contributed by atoms with Crippen LogP contribution >= 0.6 is 11.6 Å². The molecule has 0 saturated heterocycles. The maximum atomic E-state index is 11.3. The van der Waals surface area contributed by atoms with Gasteiger partial charge in [-0.2, -0.15) is 0 Å². The summed E-state index contributed by atoms with van der Waals surface area (Å²) in [4.78, 5) is 7.73. The van der Waals surface area contributed by atoms with Gasteiger partial charge in [0, 0.05) is 25.5 Å². The lowest BCUT2D eigenvalue weighted by molar-refractivity contribution is 0.584. The lowest BCUT2D eigenvalue weighted by atomic mass is 10.6. The third kappa shape index (κ3) is 4.30. The van der Waals surface area contributed by atoms with Crippen LogP contribution in [0.2, 0.25) is 5.15 Å². The van der Waals surface area contributed by atoms with Gasteiger partial charge >= 0.3 is 0 Å². The van der Waals surface area contributed by atoms with Crippen LogP contribution in [0.25, 0.3) is 0 Å². The van der Waals surface area contributed by atoms with E-state index in [0.29, 0.717) is 12.4 Å². The van der Waals surface area contributed by atoms with Crippen LogP contribution in [0.1, 0.15) is 6.92 Å². The van der Waals surface area contributed by atoms with Crippen molar-refractivity contribution in [2.75, 3.05) is 24.2 Å². The molecule has 0 unspecified atom stereocenters. The Labute approximate surface area is 99.5 Å². The molecular weight excluding hydrogens is 252 g/mol. The number of nitrogens with zero attached hydrogens (tertiary/aromatic N) is 2. The summed E-state index contributed by atoms with van der Waals surface area (Å²) in [6, 6.07) is 0. The van der Waals surface area contributed by atoms with Gasteiger partial charge in [-0.15, -0.1) is 0 Å². The summed E-state index contributed by atoms with van der Waals surface area (Å²) < 4.78 is 25.0. The Morgan fingerprint density at radius 2 is 2.06 bits per heavy atom. The molecule has 6 nitrogen and oxygen atoms in total. The molecule has 0 aliphatic carbocycles. The second-order valence-corrected chi connectivity index (χ2v) is 5.22. The van der Waals surface area contributed by atoms with Crippen molar-refractivity contribution in [3.8, 4) is 0 Å². The highest BCUT2D eigenvalue weighted by Gasteiger charge is 2.08. The van der Waals surface area contributed by atoms with Crippen molar-refractivity contribution in [3.63, 3.8) is 0 Å². The molecule has 0 amide bonds. The van der Waals surface area contributed by atoms with Crippen LogP contribution < -0.4 is 10.0 Å². The third-order valence-corrected chi connectivity index (χ3v) is 3.43. The molecule has 8 heteroatoms. The predicted octanol–water partition coefficient (Wildman–Crippen LogP) is 0.481. The lowest BCUT2D eigenvalue weighted by Gasteiger charge is -2.07. The van der Waals surface area contributed by atoms with Crippen LogP contribution in [-0.2, 0) is 10.0 Å². The van der Waals surface area contributed by atoms with Gasteiger partial charge in [-0.25, -0.2) is 23.1 Å². The minimum Gasteiger partial charge on any atom is -0.366 e. The molecular formula is C8H13ClN4O2S. The number of nitrogens with one attached hydrogen (secondary N) is 2. The Hall–Kier alpha value is -0.920. The maximum Gasteiger partial charge on any atom is 0.213 e. The standard InChI is InChI=1S/C8H13ClN4O2S/c1-2-13-16(14,15)6-5-12-8-7(9)10-3-4-11-8/h3-4,13H,2,5-6H2,1H3,(H,11,12). The summed E-state index contributed by atoms with van der Waals surface area (Å²) >= 11 is 5.73. The van der Waals surface area contributed by atoms with Crippen molar-refractivity contribution in [1.82, 2.24) is 14.7 Å². The average molecular weight is 265 g/mol. The first-order chi connectivity index (χ1) is 7.55. The molecule has 1 rings (SSSR count). The largest absolute Gasteiger partial charge is 0.366 e. The first kappa shape index (κ1) is 13.1. The molecule has 1 heterocycles. The van der Waals surface area contributed by atoms with Crippen LogP contribution in [0.5, 0.6) is 0 Å². The summed E-state index contributed by atoms with van der Waals surface area (Å²) in [5.41, 5.74) is 0. The number of halogens is 1. The van der Waals surface area contributed by atoms with Gasteiger partial charge in [0.25, 0.3) is 0 Å². The molecule has 0 bridgehead atoms. The van der Waals surface area contributed by atoms with Crippen molar-refractivity contribution < 1.29 is 8.42 Å². The molecule has 1 aromatic heterocycles. The highest BCUT2D eigenvalue weighted by Crippen LogP contribution is 2.13. The fraction of sp³-hybridized carbons (Fsp3) is 0.500. The molecule has 0 spiro atoms. The van der Waals surface area contributed by atoms with Crippen molar-refractivity contribution in [2.45, 2.75) is 6.92 Å². The van der Waals surface area contributed by atoms with Crippen molar-refractivity contribution in [1.29, 1.82) is 0 Å². The fourth-order valence-corrected chi connectivity index (χ4v) is 2.16. The van der Waals surface area contributed by atoms with Gasteiger partial charge in [0.2, 0.25) is 10.0 Å². The van der Waals surface area contributed by atoms with E-state index in [1.807, 2.05) is 0 Å². The van der Waals surface area contributed by atoms with E-state index in [1.54, 1.807) is 6.92 Å². The van der Waals surface area contributed by atoms with Crippen LogP contribution in [-0.4, -0.2) is 37.2 Å².